The Morgan fingerprint density at radius 2 is 2.08 bits per heavy atom. The fourth-order valence-electron chi connectivity index (χ4n) is 3.16. The average Bonchev–Trinajstić information content (AvgIpc) is 3.38. The highest BCUT2D eigenvalue weighted by Crippen LogP contribution is 2.38. The zero-order valence-electron chi connectivity index (χ0n) is 13.8. The van der Waals surface area contributed by atoms with Crippen molar-refractivity contribution in [2.45, 2.75) is 44.6 Å². The van der Waals surface area contributed by atoms with E-state index in [0.717, 1.165) is 30.2 Å². The van der Waals surface area contributed by atoms with Gasteiger partial charge in [0.25, 0.3) is 5.91 Å². The van der Waals surface area contributed by atoms with Crippen molar-refractivity contribution in [3.05, 3.63) is 41.3 Å². The van der Waals surface area contributed by atoms with Crippen molar-refractivity contribution in [3.63, 3.8) is 0 Å². The molecule has 1 amide bonds. The molecule has 1 saturated carbocycles. The molecule has 2 aromatic rings. The van der Waals surface area contributed by atoms with Gasteiger partial charge in [0.05, 0.1) is 0 Å². The Morgan fingerprint density at radius 1 is 1.25 bits per heavy atom. The minimum absolute atomic E-state index is 0.141. The van der Waals surface area contributed by atoms with Gasteiger partial charge in [-0.15, -0.1) is 0 Å². The van der Waals surface area contributed by atoms with E-state index >= 15 is 0 Å². The Labute approximate surface area is 141 Å². The molecule has 0 aromatic carbocycles. The van der Waals surface area contributed by atoms with Crippen molar-refractivity contribution < 1.29 is 4.79 Å². The number of carbonyl (C=O) groups excluding carboxylic acids is 1. The molecule has 4 rings (SSSR count). The van der Waals surface area contributed by atoms with Crippen LogP contribution in [0.25, 0.3) is 0 Å². The van der Waals surface area contributed by atoms with Gasteiger partial charge in [-0.3, -0.25) is 9.89 Å². The van der Waals surface area contributed by atoms with Gasteiger partial charge in [0.1, 0.15) is 11.5 Å². The van der Waals surface area contributed by atoms with Crippen LogP contribution in [0, 0.1) is 0 Å². The number of carbonyl (C=O) groups is 1. The Kier molecular flexibility index (Phi) is 4.19. The molecule has 24 heavy (non-hydrogen) atoms. The van der Waals surface area contributed by atoms with Gasteiger partial charge in [-0.2, -0.15) is 5.10 Å². The fourth-order valence-corrected chi connectivity index (χ4v) is 3.16. The predicted octanol–water partition coefficient (Wildman–Crippen LogP) is 2.60. The molecule has 2 fully saturated rings. The van der Waals surface area contributed by atoms with Crippen LogP contribution in [0.3, 0.4) is 0 Å². The van der Waals surface area contributed by atoms with E-state index < -0.39 is 0 Å². The second kappa shape index (κ2) is 6.63. The standard InChI is InChI=1S/C18H23N5O/c24-18(16-10-15(21-22-16)14-5-6-14)20-12-13-4-7-17(19-11-13)23-8-2-1-3-9-23/h4,7,10-11,14H,1-3,5-6,8-9,12H2,(H,20,24)(H,21,22). The molecule has 1 saturated heterocycles. The van der Waals surface area contributed by atoms with Gasteiger partial charge < -0.3 is 10.2 Å². The summed E-state index contributed by atoms with van der Waals surface area (Å²) in [6.07, 6.45) is 8.04. The van der Waals surface area contributed by atoms with Crippen molar-refractivity contribution in [3.8, 4) is 0 Å². The number of nitrogens with zero attached hydrogens (tertiary/aromatic N) is 3. The van der Waals surface area contributed by atoms with Crippen LogP contribution < -0.4 is 10.2 Å². The van der Waals surface area contributed by atoms with Crippen molar-refractivity contribution in [1.82, 2.24) is 20.5 Å². The number of aromatic nitrogens is 3. The van der Waals surface area contributed by atoms with Crippen LogP contribution in [-0.4, -0.2) is 34.2 Å². The first-order valence-corrected chi connectivity index (χ1v) is 8.83. The van der Waals surface area contributed by atoms with E-state index in [1.54, 1.807) is 0 Å². The zero-order valence-corrected chi connectivity index (χ0v) is 13.8. The number of hydrogen-bond donors (Lipinski definition) is 2. The van der Waals surface area contributed by atoms with E-state index in [4.69, 9.17) is 0 Å². The summed E-state index contributed by atoms with van der Waals surface area (Å²) in [5.74, 6) is 1.47. The lowest BCUT2D eigenvalue weighted by Crippen LogP contribution is -2.30. The van der Waals surface area contributed by atoms with Gasteiger partial charge >= 0.3 is 0 Å². The van der Waals surface area contributed by atoms with Gasteiger partial charge in [0.15, 0.2) is 0 Å². The average molecular weight is 325 g/mol. The van der Waals surface area contributed by atoms with E-state index in [1.807, 2.05) is 24.4 Å². The summed E-state index contributed by atoms with van der Waals surface area (Å²) in [7, 11) is 0. The van der Waals surface area contributed by atoms with Crippen molar-refractivity contribution >= 4 is 11.7 Å². The topological polar surface area (TPSA) is 73.9 Å². The Bertz CT molecular complexity index is 698. The van der Waals surface area contributed by atoms with E-state index in [9.17, 15) is 4.79 Å². The molecule has 2 N–H and O–H groups in total. The van der Waals surface area contributed by atoms with E-state index in [-0.39, 0.29) is 5.91 Å². The molecule has 3 heterocycles. The summed E-state index contributed by atoms with van der Waals surface area (Å²) in [4.78, 5) is 19.0. The quantitative estimate of drug-likeness (QED) is 0.886. The number of hydrogen-bond acceptors (Lipinski definition) is 4. The van der Waals surface area contributed by atoms with E-state index in [1.165, 1.54) is 32.1 Å². The summed E-state index contributed by atoms with van der Waals surface area (Å²) < 4.78 is 0. The molecule has 1 aliphatic heterocycles. The molecule has 126 valence electrons. The molecular weight excluding hydrogens is 302 g/mol. The second-order valence-corrected chi connectivity index (χ2v) is 6.74. The lowest BCUT2D eigenvalue weighted by Gasteiger charge is -2.27. The molecule has 6 nitrogen and oxygen atoms in total. The number of amides is 1. The number of piperidine rings is 1. The van der Waals surface area contributed by atoms with Crippen LogP contribution >= 0.6 is 0 Å². The number of nitrogens with one attached hydrogen (secondary N) is 2. The van der Waals surface area contributed by atoms with Gasteiger partial charge in [0.2, 0.25) is 0 Å². The number of H-pyrrole nitrogens is 1. The lowest BCUT2D eigenvalue weighted by molar-refractivity contribution is 0.0946. The third-order valence-corrected chi connectivity index (χ3v) is 4.79. The van der Waals surface area contributed by atoms with Crippen LogP contribution in [0.5, 0.6) is 0 Å². The molecule has 0 atom stereocenters. The Morgan fingerprint density at radius 3 is 2.79 bits per heavy atom. The summed E-state index contributed by atoms with van der Waals surface area (Å²) in [6.45, 7) is 2.65. The monoisotopic (exact) mass is 325 g/mol. The maximum Gasteiger partial charge on any atom is 0.272 e. The molecule has 1 aliphatic carbocycles. The van der Waals surface area contributed by atoms with Gasteiger partial charge in [-0.05, 0) is 49.8 Å². The summed E-state index contributed by atoms with van der Waals surface area (Å²) in [5, 5.41) is 9.98. The first-order valence-electron chi connectivity index (χ1n) is 8.83. The summed E-state index contributed by atoms with van der Waals surface area (Å²) >= 11 is 0. The summed E-state index contributed by atoms with van der Waals surface area (Å²) in [5.41, 5.74) is 2.55. The molecular formula is C18H23N5O. The highest BCUT2D eigenvalue weighted by atomic mass is 16.1. The van der Waals surface area contributed by atoms with Crippen molar-refractivity contribution in [2.24, 2.45) is 0 Å². The SMILES string of the molecule is O=C(NCc1ccc(N2CCCCC2)nc1)c1cc(C2CC2)[nH]n1. The highest BCUT2D eigenvalue weighted by molar-refractivity contribution is 5.92. The van der Waals surface area contributed by atoms with Crippen LogP contribution in [0.15, 0.2) is 24.4 Å². The van der Waals surface area contributed by atoms with Crippen LogP contribution in [0.1, 0.15) is 59.8 Å². The Hall–Kier alpha value is -2.37. The summed E-state index contributed by atoms with van der Waals surface area (Å²) in [6, 6.07) is 5.95. The molecule has 2 aromatic heterocycles. The molecule has 0 radical (unpaired) electrons. The third kappa shape index (κ3) is 3.42. The molecule has 0 bridgehead atoms. The maximum atomic E-state index is 12.2. The molecule has 2 aliphatic rings. The molecule has 0 spiro atoms. The maximum absolute atomic E-state index is 12.2. The molecule has 0 unspecified atom stereocenters. The van der Waals surface area contributed by atoms with Crippen LogP contribution in [0.2, 0.25) is 0 Å². The van der Waals surface area contributed by atoms with E-state index in [2.05, 4.69) is 25.4 Å². The normalized spacial score (nSPS) is 17.8. The Balaban J connectivity index is 1.32. The van der Waals surface area contributed by atoms with E-state index in [0.29, 0.717) is 18.2 Å². The highest BCUT2D eigenvalue weighted by Gasteiger charge is 2.26. The van der Waals surface area contributed by atoms with Crippen molar-refractivity contribution in [2.75, 3.05) is 18.0 Å². The first-order chi connectivity index (χ1) is 11.8. The zero-order chi connectivity index (χ0) is 16.4. The fraction of sp³-hybridized carbons (Fsp3) is 0.500. The van der Waals surface area contributed by atoms with Gasteiger partial charge in [-0.25, -0.2) is 4.98 Å². The van der Waals surface area contributed by atoms with Crippen molar-refractivity contribution in [1.29, 1.82) is 0 Å². The smallest absolute Gasteiger partial charge is 0.272 e. The number of pyridine rings is 1. The minimum atomic E-state index is -0.141. The second-order valence-electron chi connectivity index (χ2n) is 6.74. The largest absolute Gasteiger partial charge is 0.357 e. The number of rotatable bonds is 5. The predicted molar refractivity (Wildman–Crippen MR) is 92.0 cm³/mol. The number of aromatic amines is 1. The third-order valence-electron chi connectivity index (χ3n) is 4.79. The minimum Gasteiger partial charge on any atom is -0.357 e. The van der Waals surface area contributed by atoms with Gasteiger partial charge in [-0.1, -0.05) is 6.07 Å². The number of anilines is 1. The lowest BCUT2D eigenvalue weighted by atomic mass is 10.1. The first kappa shape index (κ1) is 15.2. The van der Waals surface area contributed by atoms with Crippen LogP contribution in [0.4, 0.5) is 5.82 Å². The molecule has 6 heteroatoms. The van der Waals surface area contributed by atoms with Gasteiger partial charge in [0, 0.05) is 37.4 Å². The van der Waals surface area contributed by atoms with Crippen LogP contribution in [-0.2, 0) is 6.54 Å².